The average molecular weight is 266 g/mol. The number of aromatic nitrogens is 3. The van der Waals surface area contributed by atoms with Gasteiger partial charge in [0.25, 0.3) is 5.91 Å². The predicted molar refractivity (Wildman–Crippen MR) is 65.9 cm³/mol. The van der Waals surface area contributed by atoms with Crippen LogP contribution in [-0.4, -0.2) is 32.1 Å². The van der Waals surface area contributed by atoms with Gasteiger partial charge in [0.2, 0.25) is 0 Å². The first-order valence-electron chi connectivity index (χ1n) is 4.86. The second-order valence-electron chi connectivity index (χ2n) is 3.35. The number of oxime groups is 1. The van der Waals surface area contributed by atoms with Crippen LogP contribution >= 0.6 is 11.3 Å². The number of thiazole rings is 1. The first-order chi connectivity index (χ1) is 8.61. The van der Waals surface area contributed by atoms with Crippen LogP contribution in [0.15, 0.2) is 16.7 Å². The SMILES string of the molecule is Cc1nc(C(=O)Nc2[nH]ncc2C(N)=NO)cs1. The number of carbonyl (C=O) groups excluding carboxylic acids is 1. The molecule has 0 aliphatic rings. The van der Waals surface area contributed by atoms with Gasteiger partial charge in [-0.15, -0.1) is 11.3 Å². The molecular weight excluding hydrogens is 256 g/mol. The Morgan fingerprint density at radius 3 is 3.06 bits per heavy atom. The number of nitrogens with two attached hydrogens (primary N) is 1. The number of anilines is 1. The van der Waals surface area contributed by atoms with Crippen LogP contribution in [0.1, 0.15) is 21.1 Å². The van der Waals surface area contributed by atoms with Crippen LogP contribution in [0, 0.1) is 6.92 Å². The van der Waals surface area contributed by atoms with Gasteiger partial charge in [-0.3, -0.25) is 9.89 Å². The van der Waals surface area contributed by atoms with Crippen LogP contribution in [0.25, 0.3) is 0 Å². The summed E-state index contributed by atoms with van der Waals surface area (Å²) in [6, 6.07) is 0. The van der Waals surface area contributed by atoms with Gasteiger partial charge in [0.05, 0.1) is 16.8 Å². The summed E-state index contributed by atoms with van der Waals surface area (Å²) in [6.07, 6.45) is 1.34. The summed E-state index contributed by atoms with van der Waals surface area (Å²) >= 11 is 1.37. The molecule has 9 heteroatoms. The summed E-state index contributed by atoms with van der Waals surface area (Å²) in [5.41, 5.74) is 6.04. The number of hydrogen-bond acceptors (Lipinski definition) is 6. The number of hydrogen-bond donors (Lipinski definition) is 4. The minimum Gasteiger partial charge on any atom is -0.409 e. The van der Waals surface area contributed by atoms with Gasteiger partial charge in [-0.05, 0) is 6.92 Å². The molecule has 0 bridgehead atoms. The Hall–Kier alpha value is -2.42. The van der Waals surface area contributed by atoms with E-state index >= 15 is 0 Å². The van der Waals surface area contributed by atoms with E-state index in [4.69, 9.17) is 10.9 Å². The molecule has 0 aromatic carbocycles. The van der Waals surface area contributed by atoms with Gasteiger partial charge in [0.1, 0.15) is 11.5 Å². The first-order valence-corrected chi connectivity index (χ1v) is 5.74. The maximum absolute atomic E-state index is 11.8. The molecule has 5 N–H and O–H groups in total. The normalized spacial score (nSPS) is 11.5. The van der Waals surface area contributed by atoms with E-state index in [0.717, 1.165) is 5.01 Å². The predicted octanol–water partition coefficient (Wildman–Crippen LogP) is 0.521. The number of H-pyrrole nitrogens is 1. The van der Waals surface area contributed by atoms with Crippen LogP contribution in [0.2, 0.25) is 0 Å². The monoisotopic (exact) mass is 266 g/mol. The zero-order chi connectivity index (χ0) is 13.1. The van der Waals surface area contributed by atoms with Gasteiger partial charge < -0.3 is 16.3 Å². The summed E-state index contributed by atoms with van der Waals surface area (Å²) in [4.78, 5) is 15.9. The molecule has 0 spiro atoms. The van der Waals surface area contributed by atoms with Crippen molar-refractivity contribution < 1.29 is 10.0 Å². The highest BCUT2D eigenvalue weighted by molar-refractivity contribution is 7.09. The zero-order valence-electron chi connectivity index (χ0n) is 9.34. The lowest BCUT2D eigenvalue weighted by atomic mass is 10.3. The van der Waals surface area contributed by atoms with Crippen molar-refractivity contribution >= 4 is 28.9 Å². The molecule has 2 rings (SSSR count). The van der Waals surface area contributed by atoms with E-state index in [2.05, 4.69) is 25.7 Å². The second-order valence-corrected chi connectivity index (χ2v) is 4.41. The third-order valence-corrected chi connectivity index (χ3v) is 2.89. The highest BCUT2D eigenvalue weighted by Gasteiger charge is 2.15. The molecule has 0 saturated heterocycles. The fourth-order valence-electron chi connectivity index (χ4n) is 1.27. The number of nitrogens with one attached hydrogen (secondary N) is 2. The molecule has 18 heavy (non-hydrogen) atoms. The molecule has 0 radical (unpaired) electrons. The number of nitrogens with zero attached hydrogens (tertiary/aromatic N) is 3. The van der Waals surface area contributed by atoms with Crippen molar-refractivity contribution in [2.45, 2.75) is 6.92 Å². The number of aromatic amines is 1. The summed E-state index contributed by atoms with van der Waals surface area (Å²) in [7, 11) is 0. The molecule has 1 amide bonds. The van der Waals surface area contributed by atoms with E-state index in [9.17, 15) is 4.79 Å². The van der Waals surface area contributed by atoms with Crippen molar-refractivity contribution in [3.63, 3.8) is 0 Å². The molecule has 0 atom stereocenters. The Morgan fingerprint density at radius 2 is 2.44 bits per heavy atom. The summed E-state index contributed by atoms with van der Waals surface area (Å²) in [5.74, 6) is -0.287. The van der Waals surface area contributed by atoms with Crippen molar-refractivity contribution in [1.29, 1.82) is 0 Å². The van der Waals surface area contributed by atoms with Crippen molar-refractivity contribution in [3.8, 4) is 0 Å². The maximum Gasteiger partial charge on any atom is 0.276 e. The molecule has 94 valence electrons. The summed E-state index contributed by atoms with van der Waals surface area (Å²) in [6.45, 7) is 1.81. The lowest BCUT2D eigenvalue weighted by Crippen LogP contribution is -2.18. The van der Waals surface area contributed by atoms with Crippen LogP contribution in [0.4, 0.5) is 5.82 Å². The van der Waals surface area contributed by atoms with E-state index in [1.165, 1.54) is 17.5 Å². The Bertz CT molecular complexity index is 602. The van der Waals surface area contributed by atoms with Crippen molar-refractivity contribution in [2.24, 2.45) is 10.9 Å². The van der Waals surface area contributed by atoms with E-state index in [-0.39, 0.29) is 11.7 Å². The Balaban J connectivity index is 2.20. The van der Waals surface area contributed by atoms with E-state index in [1.54, 1.807) is 12.3 Å². The standard InChI is InChI=1S/C9H10N6O2S/c1-4-12-6(3-18-4)9(16)13-8-5(2-11-14-8)7(10)15-17/h2-3,17H,1H3,(H2,10,15)(H2,11,13,14,16). The molecule has 0 fully saturated rings. The smallest absolute Gasteiger partial charge is 0.276 e. The minimum atomic E-state index is -0.393. The topological polar surface area (TPSA) is 129 Å². The molecule has 0 saturated carbocycles. The highest BCUT2D eigenvalue weighted by Crippen LogP contribution is 2.13. The third-order valence-electron chi connectivity index (χ3n) is 2.11. The molecule has 2 aromatic heterocycles. The minimum absolute atomic E-state index is 0.145. The molecule has 2 aromatic rings. The lowest BCUT2D eigenvalue weighted by molar-refractivity contribution is 0.102. The molecule has 0 aliphatic heterocycles. The molecular formula is C9H10N6O2S. The Kier molecular flexibility index (Phi) is 3.24. The second kappa shape index (κ2) is 4.84. The highest BCUT2D eigenvalue weighted by atomic mass is 32.1. The molecule has 0 unspecified atom stereocenters. The Labute approximate surface area is 106 Å². The molecule has 2 heterocycles. The van der Waals surface area contributed by atoms with Crippen molar-refractivity contribution in [2.75, 3.05) is 5.32 Å². The van der Waals surface area contributed by atoms with Gasteiger partial charge >= 0.3 is 0 Å². The fourth-order valence-corrected chi connectivity index (χ4v) is 1.87. The zero-order valence-corrected chi connectivity index (χ0v) is 10.2. The average Bonchev–Trinajstić information content (AvgIpc) is 2.97. The molecule has 0 aliphatic carbocycles. The number of carbonyl (C=O) groups is 1. The van der Waals surface area contributed by atoms with E-state index < -0.39 is 5.91 Å². The van der Waals surface area contributed by atoms with Crippen LogP contribution in [-0.2, 0) is 0 Å². The number of aryl methyl sites for hydroxylation is 1. The van der Waals surface area contributed by atoms with Crippen molar-refractivity contribution in [3.05, 3.63) is 27.8 Å². The van der Waals surface area contributed by atoms with Crippen molar-refractivity contribution in [1.82, 2.24) is 15.2 Å². The largest absolute Gasteiger partial charge is 0.409 e. The lowest BCUT2D eigenvalue weighted by Gasteiger charge is -2.02. The summed E-state index contributed by atoms with van der Waals surface area (Å²) in [5, 5.41) is 22.7. The van der Waals surface area contributed by atoms with Crippen LogP contribution in [0.5, 0.6) is 0 Å². The van der Waals surface area contributed by atoms with Gasteiger partial charge in [0.15, 0.2) is 5.84 Å². The first kappa shape index (κ1) is 12.0. The van der Waals surface area contributed by atoms with Crippen LogP contribution in [0.3, 0.4) is 0 Å². The summed E-state index contributed by atoms with van der Waals surface area (Å²) < 4.78 is 0. The maximum atomic E-state index is 11.8. The van der Waals surface area contributed by atoms with Gasteiger partial charge in [-0.25, -0.2) is 4.98 Å². The number of rotatable bonds is 3. The van der Waals surface area contributed by atoms with Gasteiger partial charge in [0, 0.05) is 5.38 Å². The number of amidine groups is 1. The Morgan fingerprint density at radius 1 is 1.67 bits per heavy atom. The fraction of sp³-hybridized carbons (Fsp3) is 0.111. The number of amides is 1. The van der Waals surface area contributed by atoms with E-state index in [1.807, 2.05) is 0 Å². The van der Waals surface area contributed by atoms with Gasteiger partial charge in [-0.2, -0.15) is 5.10 Å². The molecule has 8 nitrogen and oxygen atoms in total. The third kappa shape index (κ3) is 2.30. The van der Waals surface area contributed by atoms with E-state index in [0.29, 0.717) is 11.3 Å². The van der Waals surface area contributed by atoms with Crippen LogP contribution < -0.4 is 11.1 Å². The quantitative estimate of drug-likeness (QED) is 0.278. The van der Waals surface area contributed by atoms with Gasteiger partial charge in [-0.1, -0.05) is 5.16 Å².